The van der Waals surface area contributed by atoms with Gasteiger partial charge in [-0.15, -0.1) is 0 Å². The summed E-state index contributed by atoms with van der Waals surface area (Å²) in [5.41, 5.74) is 1.67. The molecule has 1 aliphatic heterocycles. The van der Waals surface area contributed by atoms with Crippen molar-refractivity contribution in [2.45, 2.75) is 26.8 Å². The van der Waals surface area contributed by atoms with Gasteiger partial charge in [0.15, 0.2) is 0 Å². The molecule has 0 spiro atoms. The van der Waals surface area contributed by atoms with Crippen molar-refractivity contribution in [1.82, 2.24) is 4.90 Å². The lowest BCUT2D eigenvalue weighted by Gasteiger charge is -2.34. The average molecular weight is 292 g/mol. The van der Waals surface area contributed by atoms with Gasteiger partial charge in [-0.3, -0.25) is 19.8 Å². The summed E-state index contributed by atoms with van der Waals surface area (Å²) in [5.74, 6) is -0.797. The van der Waals surface area contributed by atoms with Crippen LogP contribution in [-0.4, -0.2) is 34.0 Å². The molecule has 0 aromatic heterocycles. The van der Waals surface area contributed by atoms with E-state index in [0.29, 0.717) is 31.0 Å². The number of likely N-dealkylation sites (tertiary alicyclic amines) is 1. The first-order valence-corrected chi connectivity index (χ1v) is 7.06. The van der Waals surface area contributed by atoms with Crippen molar-refractivity contribution in [2.24, 2.45) is 11.8 Å². The largest absolute Gasteiger partial charge is 0.481 e. The molecule has 1 aromatic rings. The zero-order valence-electron chi connectivity index (χ0n) is 12.3. The number of carboxylic acids is 1. The van der Waals surface area contributed by atoms with E-state index in [1.165, 1.54) is 6.07 Å². The third-order valence-corrected chi connectivity index (χ3v) is 4.09. The van der Waals surface area contributed by atoms with E-state index in [4.69, 9.17) is 0 Å². The SMILES string of the molecule is Cc1c(CN2CC(C)CC(C(=O)O)C2)cccc1[N+](=O)[O-]. The second-order valence-corrected chi connectivity index (χ2v) is 5.89. The summed E-state index contributed by atoms with van der Waals surface area (Å²) in [6, 6.07) is 5.05. The Balaban J connectivity index is 2.16. The number of carbonyl (C=O) groups is 1. The van der Waals surface area contributed by atoms with Gasteiger partial charge in [-0.25, -0.2) is 0 Å². The average Bonchev–Trinajstić information content (AvgIpc) is 2.40. The van der Waals surface area contributed by atoms with Gasteiger partial charge >= 0.3 is 5.97 Å². The van der Waals surface area contributed by atoms with E-state index in [9.17, 15) is 20.0 Å². The first-order chi connectivity index (χ1) is 9.88. The Hall–Kier alpha value is -1.95. The standard InChI is InChI=1S/C15H20N2O4/c1-10-6-13(15(18)19)9-16(7-10)8-12-4-3-5-14(11(12)2)17(20)21/h3-5,10,13H,6-9H2,1-2H3,(H,18,19). The molecular formula is C15H20N2O4. The van der Waals surface area contributed by atoms with Gasteiger partial charge in [0.05, 0.1) is 10.8 Å². The normalized spacial score (nSPS) is 23.0. The second-order valence-electron chi connectivity index (χ2n) is 5.89. The van der Waals surface area contributed by atoms with Crippen molar-refractivity contribution in [3.8, 4) is 0 Å². The van der Waals surface area contributed by atoms with Crippen LogP contribution in [0.4, 0.5) is 5.69 Å². The minimum Gasteiger partial charge on any atom is -0.481 e. The lowest BCUT2D eigenvalue weighted by Crippen LogP contribution is -2.42. The van der Waals surface area contributed by atoms with Crippen LogP contribution in [0.2, 0.25) is 0 Å². The Morgan fingerprint density at radius 3 is 2.81 bits per heavy atom. The number of piperidine rings is 1. The number of aliphatic carboxylic acids is 1. The molecule has 1 heterocycles. The molecule has 0 saturated carbocycles. The van der Waals surface area contributed by atoms with Gasteiger partial charge in [-0.1, -0.05) is 19.1 Å². The molecular weight excluding hydrogens is 272 g/mol. The van der Waals surface area contributed by atoms with Crippen molar-refractivity contribution in [1.29, 1.82) is 0 Å². The number of hydrogen-bond donors (Lipinski definition) is 1. The van der Waals surface area contributed by atoms with Gasteiger partial charge in [0.2, 0.25) is 0 Å². The molecule has 2 rings (SSSR count). The van der Waals surface area contributed by atoms with Crippen LogP contribution in [0.15, 0.2) is 18.2 Å². The minimum absolute atomic E-state index is 0.118. The Kier molecular flexibility index (Phi) is 4.57. The van der Waals surface area contributed by atoms with Crippen LogP contribution in [-0.2, 0) is 11.3 Å². The maximum Gasteiger partial charge on any atom is 0.307 e. The first-order valence-electron chi connectivity index (χ1n) is 7.06. The Morgan fingerprint density at radius 2 is 2.19 bits per heavy atom. The van der Waals surface area contributed by atoms with E-state index in [1.54, 1.807) is 13.0 Å². The summed E-state index contributed by atoms with van der Waals surface area (Å²) in [7, 11) is 0. The Morgan fingerprint density at radius 1 is 1.48 bits per heavy atom. The van der Waals surface area contributed by atoms with Crippen molar-refractivity contribution >= 4 is 11.7 Å². The van der Waals surface area contributed by atoms with E-state index >= 15 is 0 Å². The summed E-state index contributed by atoms with van der Waals surface area (Å²) in [5, 5.41) is 20.2. The Labute approximate surface area is 123 Å². The summed E-state index contributed by atoms with van der Waals surface area (Å²) in [4.78, 5) is 23.9. The van der Waals surface area contributed by atoms with Gasteiger partial charge in [-0.2, -0.15) is 0 Å². The summed E-state index contributed by atoms with van der Waals surface area (Å²) in [6.45, 7) is 5.67. The highest BCUT2D eigenvalue weighted by Gasteiger charge is 2.29. The third-order valence-electron chi connectivity index (χ3n) is 4.09. The van der Waals surface area contributed by atoms with Gasteiger partial charge < -0.3 is 5.11 Å². The van der Waals surface area contributed by atoms with E-state index < -0.39 is 5.97 Å². The summed E-state index contributed by atoms with van der Waals surface area (Å²) in [6.07, 6.45) is 0.694. The van der Waals surface area contributed by atoms with Crippen LogP contribution in [0.5, 0.6) is 0 Å². The fourth-order valence-corrected chi connectivity index (χ4v) is 3.05. The highest BCUT2D eigenvalue weighted by Crippen LogP contribution is 2.26. The second kappa shape index (κ2) is 6.22. The quantitative estimate of drug-likeness (QED) is 0.680. The number of carboxylic acid groups (broad SMARTS) is 1. The van der Waals surface area contributed by atoms with Crippen LogP contribution >= 0.6 is 0 Å². The molecule has 6 heteroatoms. The molecule has 1 saturated heterocycles. The maximum absolute atomic E-state index is 11.2. The van der Waals surface area contributed by atoms with Gasteiger partial charge in [0, 0.05) is 31.3 Å². The molecule has 114 valence electrons. The molecule has 1 N–H and O–H groups in total. The molecule has 0 amide bonds. The predicted octanol–water partition coefficient (Wildman–Crippen LogP) is 2.45. The van der Waals surface area contributed by atoms with Gasteiger partial charge in [0.1, 0.15) is 0 Å². The van der Waals surface area contributed by atoms with Crippen molar-refractivity contribution in [3.05, 3.63) is 39.4 Å². The van der Waals surface area contributed by atoms with Crippen LogP contribution < -0.4 is 0 Å². The smallest absolute Gasteiger partial charge is 0.307 e. The molecule has 21 heavy (non-hydrogen) atoms. The predicted molar refractivity (Wildman–Crippen MR) is 78.0 cm³/mol. The molecule has 1 aliphatic rings. The summed E-state index contributed by atoms with van der Waals surface area (Å²) < 4.78 is 0. The maximum atomic E-state index is 11.2. The fraction of sp³-hybridized carbons (Fsp3) is 0.533. The van der Waals surface area contributed by atoms with Gasteiger partial charge in [-0.05, 0) is 24.8 Å². The highest BCUT2D eigenvalue weighted by molar-refractivity contribution is 5.70. The van der Waals surface area contributed by atoms with Crippen LogP contribution in [0.3, 0.4) is 0 Å². The molecule has 2 atom stereocenters. The lowest BCUT2D eigenvalue weighted by molar-refractivity contribution is -0.385. The zero-order valence-corrected chi connectivity index (χ0v) is 12.3. The highest BCUT2D eigenvalue weighted by atomic mass is 16.6. The number of nitro groups is 1. The van der Waals surface area contributed by atoms with E-state index in [0.717, 1.165) is 12.1 Å². The van der Waals surface area contributed by atoms with Crippen molar-refractivity contribution in [3.63, 3.8) is 0 Å². The topological polar surface area (TPSA) is 83.7 Å². The number of nitro benzene ring substituents is 1. The van der Waals surface area contributed by atoms with E-state index in [-0.39, 0.29) is 16.5 Å². The van der Waals surface area contributed by atoms with Crippen LogP contribution in [0, 0.1) is 28.9 Å². The van der Waals surface area contributed by atoms with Crippen molar-refractivity contribution in [2.75, 3.05) is 13.1 Å². The zero-order chi connectivity index (χ0) is 15.6. The van der Waals surface area contributed by atoms with Gasteiger partial charge in [0.25, 0.3) is 5.69 Å². The number of rotatable bonds is 4. The molecule has 6 nitrogen and oxygen atoms in total. The summed E-state index contributed by atoms with van der Waals surface area (Å²) >= 11 is 0. The first kappa shape index (κ1) is 15.4. The number of benzene rings is 1. The molecule has 2 unspecified atom stereocenters. The molecule has 0 radical (unpaired) electrons. The van der Waals surface area contributed by atoms with E-state index in [1.807, 2.05) is 13.0 Å². The van der Waals surface area contributed by atoms with Crippen molar-refractivity contribution < 1.29 is 14.8 Å². The minimum atomic E-state index is -0.762. The lowest BCUT2D eigenvalue weighted by atomic mass is 9.90. The molecule has 0 aliphatic carbocycles. The fourth-order valence-electron chi connectivity index (χ4n) is 3.05. The number of nitrogens with zero attached hydrogens (tertiary/aromatic N) is 2. The molecule has 0 bridgehead atoms. The number of hydrogen-bond acceptors (Lipinski definition) is 4. The Bertz CT molecular complexity index is 559. The van der Waals surface area contributed by atoms with E-state index in [2.05, 4.69) is 4.90 Å². The van der Waals surface area contributed by atoms with Crippen LogP contribution in [0.1, 0.15) is 24.5 Å². The third kappa shape index (κ3) is 3.58. The van der Waals surface area contributed by atoms with Crippen LogP contribution in [0.25, 0.3) is 0 Å². The monoisotopic (exact) mass is 292 g/mol. The molecule has 1 fully saturated rings. The molecule has 1 aromatic carbocycles.